The normalized spacial score (nSPS) is 9.81. The molecule has 0 atom stereocenters. The first kappa shape index (κ1) is 13.6. The molecular formula is C12H14Br2O2. The van der Waals surface area contributed by atoms with Crippen molar-refractivity contribution in [2.45, 2.75) is 13.8 Å². The highest BCUT2D eigenvalue weighted by Crippen LogP contribution is 2.28. The van der Waals surface area contributed by atoms with Crippen LogP contribution in [0.25, 0.3) is 0 Å². The summed E-state index contributed by atoms with van der Waals surface area (Å²) in [6.07, 6.45) is 1.90. The van der Waals surface area contributed by atoms with Crippen LogP contribution < -0.4 is 9.47 Å². The topological polar surface area (TPSA) is 18.5 Å². The maximum atomic E-state index is 5.59. The number of hydrogen-bond donors (Lipinski definition) is 0. The Hall–Kier alpha value is -0.480. The minimum Gasteiger partial charge on any atom is -0.496 e. The van der Waals surface area contributed by atoms with E-state index in [-0.39, 0.29) is 0 Å². The van der Waals surface area contributed by atoms with Crippen LogP contribution in [0.15, 0.2) is 21.6 Å². The second-order valence-corrected chi connectivity index (χ2v) is 6.17. The molecule has 0 N–H and O–H groups in total. The molecule has 0 saturated heterocycles. The standard InChI is InChI=1S/C12H14Br2O2/c1-8-6-10(16-5-4-11(13)14)7-9(2)12(8)15-3/h4,6-7H,5H2,1-3H3. The Kier molecular flexibility index (Phi) is 5.35. The van der Waals surface area contributed by atoms with E-state index in [4.69, 9.17) is 9.47 Å². The first-order chi connectivity index (χ1) is 7.54. The molecule has 0 aliphatic rings. The SMILES string of the molecule is COc1c(C)cc(OCC=C(Br)Br)cc1C. The van der Waals surface area contributed by atoms with Crippen molar-refractivity contribution in [3.63, 3.8) is 0 Å². The van der Waals surface area contributed by atoms with Crippen LogP contribution in [-0.2, 0) is 0 Å². The number of benzene rings is 1. The first-order valence-corrected chi connectivity index (χ1v) is 6.42. The zero-order chi connectivity index (χ0) is 12.1. The van der Waals surface area contributed by atoms with Gasteiger partial charge in [0.25, 0.3) is 0 Å². The number of methoxy groups -OCH3 is 1. The lowest BCUT2D eigenvalue weighted by atomic mass is 10.1. The van der Waals surface area contributed by atoms with E-state index in [0.29, 0.717) is 6.61 Å². The van der Waals surface area contributed by atoms with Gasteiger partial charge in [-0.05, 0) is 75.0 Å². The van der Waals surface area contributed by atoms with Crippen molar-refractivity contribution < 1.29 is 9.47 Å². The molecular weight excluding hydrogens is 336 g/mol. The lowest BCUT2D eigenvalue weighted by molar-refractivity contribution is 0.359. The molecule has 0 fully saturated rings. The fourth-order valence-corrected chi connectivity index (χ4v) is 1.78. The summed E-state index contributed by atoms with van der Waals surface area (Å²) in [7, 11) is 1.68. The molecule has 0 aromatic heterocycles. The zero-order valence-electron chi connectivity index (χ0n) is 9.51. The van der Waals surface area contributed by atoms with Gasteiger partial charge in [0.2, 0.25) is 0 Å². The van der Waals surface area contributed by atoms with Crippen molar-refractivity contribution in [1.29, 1.82) is 0 Å². The van der Waals surface area contributed by atoms with E-state index in [1.54, 1.807) is 7.11 Å². The average Bonchev–Trinajstić information content (AvgIpc) is 2.16. The van der Waals surface area contributed by atoms with Crippen molar-refractivity contribution in [2.24, 2.45) is 0 Å². The molecule has 88 valence electrons. The van der Waals surface area contributed by atoms with Gasteiger partial charge in [0.1, 0.15) is 18.1 Å². The first-order valence-electron chi connectivity index (χ1n) is 4.83. The molecule has 0 radical (unpaired) electrons. The van der Waals surface area contributed by atoms with Crippen LogP contribution in [0.5, 0.6) is 11.5 Å². The summed E-state index contributed by atoms with van der Waals surface area (Å²) in [6, 6.07) is 3.95. The third kappa shape index (κ3) is 3.83. The number of halogens is 2. The molecule has 2 nitrogen and oxygen atoms in total. The molecule has 1 aromatic rings. The third-order valence-electron chi connectivity index (χ3n) is 2.13. The minimum absolute atomic E-state index is 0.525. The van der Waals surface area contributed by atoms with Crippen molar-refractivity contribution in [3.05, 3.63) is 32.7 Å². The van der Waals surface area contributed by atoms with E-state index in [1.807, 2.05) is 32.1 Å². The summed E-state index contributed by atoms with van der Waals surface area (Å²) in [5, 5.41) is 0. The quantitative estimate of drug-likeness (QED) is 0.805. The second kappa shape index (κ2) is 6.30. The number of ether oxygens (including phenoxy) is 2. The van der Waals surface area contributed by atoms with Crippen LogP contribution in [0, 0.1) is 13.8 Å². The van der Waals surface area contributed by atoms with Crippen molar-refractivity contribution >= 4 is 31.9 Å². The van der Waals surface area contributed by atoms with Crippen molar-refractivity contribution in [1.82, 2.24) is 0 Å². The molecule has 0 aliphatic carbocycles. The van der Waals surface area contributed by atoms with Gasteiger partial charge in [0.15, 0.2) is 0 Å². The molecule has 1 rings (SSSR count). The summed E-state index contributed by atoms with van der Waals surface area (Å²) in [4.78, 5) is 0. The summed E-state index contributed by atoms with van der Waals surface area (Å²) >= 11 is 6.55. The van der Waals surface area contributed by atoms with Gasteiger partial charge in [-0.3, -0.25) is 0 Å². The number of hydrogen-bond acceptors (Lipinski definition) is 2. The Morgan fingerprint density at radius 1 is 1.25 bits per heavy atom. The van der Waals surface area contributed by atoms with Gasteiger partial charge in [-0.15, -0.1) is 0 Å². The molecule has 16 heavy (non-hydrogen) atoms. The van der Waals surface area contributed by atoms with Crippen LogP contribution >= 0.6 is 31.9 Å². The van der Waals surface area contributed by atoms with Crippen LogP contribution in [0.3, 0.4) is 0 Å². The second-order valence-electron chi connectivity index (χ2n) is 3.40. The Morgan fingerprint density at radius 2 is 1.81 bits per heavy atom. The maximum Gasteiger partial charge on any atom is 0.124 e. The van der Waals surface area contributed by atoms with Crippen LogP contribution in [-0.4, -0.2) is 13.7 Å². The van der Waals surface area contributed by atoms with E-state index in [9.17, 15) is 0 Å². The fraction of sp³-hybridized carbons (Fsp3) is 0.333. The molecule has 0 amide bonds. The van der Waals surface area contributed by atoms with E-state index < -0.39 is 0 Å². The van der Waals surface area contributed by atoms with Gasteiger partial charge in [-0.2, -0.15) is 0 Å². The average molecular weight is 350 g/mol. The van der Waals surface area contributed by atoms with Gasteiger partial charge in [-0.25, -0.2) is 0 Å². The van der Waals surface area contributed by atoms with E-state index in [2.05, 4.69) is 31.9 Å². The lowest BCUT2D eigenvalue weighted by Gasteiger charge is -2.11. The number of rotatable bonds is 4. The van der Waals surface area contributed by atoms with E-state index >= 15 is 0 Å². The molecule has 1 aromatic carbocycles. The predicted octanol–water partition coefficient (Wildman–Crippen LogP) is 4.32. The molecule has 0 unspecified atom stereocenters. The highest BCUT2D eigenvalue weighted by molar-refractivity contribution is 9.28. The third-order valence-corrected chi connectivity index (χ3v) is 2.77. The fourth-order valence-electron chi connectivity index (χ4n) is 1.52. The highest BCUT2D eigenvalue weighted by Gasteiger charge is 2.05. The number of aryl methyl sites for hydroxylation is 2. The maximum absolute atomic E-state index is 5.59. The molecule has 0 spiro atoms. The van der Waals surface area contributed by atoms with Gasteiger partial charge in [-0.1, -0.05) is 0 Å². The predicted molar refractivity (Wildman–Crippen MR) is 73.9 cm³/mol. The Bertz CT molecular complexity index is 373. The Labute approximate surface area is 113 Å². The smallest absolute Gasteiger partial charge is 0.124 e. The van der Waals surface area contributed by atoms with Crippen molar-refractivity contribution in [3.8, 4) is 11.5 Å². The zero-order valence-corrected chi connectivity index (χ0v) is 12.7. The molecule has 0 aliphatic heterocycles. The van der Waals surface area contributed by atoms with E-state index in [1.165, 1.54) is 0 Å². The molecule has 0 heterocycles. The van der Waals surface area contributed by atoms with E-state index in [0.717, 1.165) is 26.0 Å². The summed E-state index contributed by atoms with van der Waals surface area (Å²) < 4.78 is 11.8. The van der Waals surface area contributed by atoms with Crippen molar-refractivity contribution in [2.75, 3.05) is 13.7 Å². The Balaban J connectivity index is 2.80. The van der Waals surface area contributed by atoms with Gasteiger partial charge < -0.3 is 9.47 Å². The van der Waals surface area contributed by atoms with Crippen LogP contribution in [0.4, 0.5) is 0 Å². The summed E-state index contributed by atoms with van der Waals surface area (Å²) in [5.74, 6) is 1.78. The summed E-state index contributed by atoms with van der Waals surface area (Å²) in [5.41, 5.74) is 2.17. The Morgan fingerprint density at radius 3 is 2.25 bits per heavy atom. The van der Waals surface area contributed by atoms with Crippen LogP contribution in [0.1, 0.15) is 11.1 Å². The lowest BCUT2D eigenvalue weighted by Crippen LogP contribution is -1.97. The van der Waals surface area contributed by atoms with Crippen LogP contribution in [0.2, 0.25) is 0 Å². The highest BCUT2D eigenvalue weighted by atomic mass is 79.9. The largest absolute Gasteiger partial charge is 0.496 e. The molecule has 4 heteroatoms. The molecule has 0 saturated carbocycles. The monoisotopic (exact) mass is 348 g/mol. The summed E-state index contributed by atoms with van der Waals surface area (Å²) in [6.45, 7) is 4.54. The van der Waals surface area contributed by atoms with Gasteiger partial charge in [0.05, 0.1) is 10.5 Å². The van der Waals surface area contributed by atoms with Gasteiger partial charge in [0, 0.05) is 0 Å². The molecule has 0 bridgehead atoms. The minimum atomic E-state index is 0.525. The van der Waals surface area contributed by atoms with Gasteiger partial charge >= 0.3 is 0 Å².